The first kappa shape index (κ1) is 13.3. The van der Waals surface area contributed by atoms with Crippen molar-refractivity contribution in [3.05, 3.63) is 42.5 Å². The molecule has 0 amide bonds. The maximum absolute atomic E-state index is 8.72. The number of ether oxygens (including phenoxy) is 2. The Labute approximate surface area is 102 Å². The molecule has 3 nitrogen and oxygen atoms in total. The summed E-state index contributed by atoms with van der Waals surface area (Å²) in [7, 11) is 0. The smallest absolute Gasteiger partial charge is 0.120 e. The number of hydrogen-bond acceptors (Lipinski definition) is 3. The van der Waals surface area contributed by atoms with E-state index in [1.807, 2.05) is 18.2 Å². The zero-order valence-electron chi connectivity index (χ0n) is 9.89. The summed E-state index contributed by atoms with van der Waals surface area (Å²) in [4.78, 5) is 0. The number of hydrogen-bond donors (Lipinski definition) is 0. The van der Waals surface area contributed by atoms with Crippen LogP contribution in [0.4, 0.5) is 0 Å². The molecule has 90 valence electrons. The molecule has 0 saturated heterocycles. The van der Waals surface area contributed by atoms with E-state index in [9.17, 15) is 0 Å². The van der Waals surface area contributed by atoms with Crippen LogP contribution in [-0.2, 0) is 4.74 Å². The van der Waals surface area contributed by atoms with Crippen molar-refractivity contribution in [2.45, 2.75) is 12.8 Å². The Bertz CT molecular complexity index is 382. The minimum absolute atomic E-state index is 0.600. The molecule has 0 N–H and O–H groups in total. The molecule has 0 aromatic heterocycles. The van der Waals surface area contributed by atoms with E-state index in [0.29, 0.717) is 25.4 Å². The molecule has 0 aliphatic rings. The Morgan fingerprint density at radius 2 is 2.18 bits per heavy atom. The third-order valence-electron chi connectivity index (χ3n) is 2.13. The van der Waals surface area contributed by atoms with Gasteiger partial charge in [-0.1, -0.05) is 12.1 Å². The van der Waals surface area contributed by atoms with Gasteiger partial charge in [-0.05, 0) is 24.6 Å². The summed E-state index contributed by atoms with van der Waals surface area (Å²) in [5, 5.41) is 8.72. The van der Waals surface area contributed by atoms with Crippen molar-refractivity contribution < 1.29 is 9.47 Å². The lowest BCUT2D eigenvalue weighted by atomic mass is 10.2. The molecule has 17 heavy (non-hydrogen) atoms. The molecule has 0 atom stereocenters. The third-order valence-corrected chi connectivity index (χ3v) is 2.13. The van der Waals surface area contributed by atoms with Crippen LogP contribution in [0.5, 0.6) is 5.75 Å². The summed E-state index contributed by atoms with van der Waals surface area (Å²) in [5.74, 6) is 0.732. The molecule has 0 aliphatic heterocycles. The number of benzene rings is 1. The van der Waals surface area contributed by atoms with Crippen LogP contribution in [0.2, 0.25) is 0 Å². The fourth-order valence-corrected chi connectivity index (χ4v) is 1.28. The highest BCUT2D eigenvalue weighted by Crippen LogP contribution is 2.12. The largest absolute Gasteiger partial charge is 0.493 e. The molecule has 0 aliphatic carbocycles. The normalized spacial score (nSPS) is 9.59. The van der Waals surface area contributed by atoms with Crippen LogP contribution < -0.4 is 4.74 Å². The Kier molecular flexibility index (Phi) is 6.54. The van der Waals surface area contributed by atoms with E-state index in [4.69, 9.17) is 14.7 Å². The number of nitriles is 1. The first-order chi connectivity index (χ1) is 8.36. The molecule has 0 radical (unpaired) electrons. The van der Waals surface area contributed by atoms with Gasteiger partial charge in [-0.25, -0.2) is 0 Å². The fraction of sp³-hybridized carbons (Fsp3) is 0.357. The molecular formula is C14H17NO2. The van der Waals surface area contributed by atoms with Gasteiger partial charge < -0.3 is 9.47 Å². The summed E-state index contributed by atoms with van der Waals surface area (Å²) in [5.41, 5.74) is 0.615. The summed E-state index contributed by atoms with van der Waals surface area (Å²) in [6, 6.07) is 9.23. The van der Waals surface area contributed by atoms with Gasteiger partial charge in [0, 0.05) is 19.6 Å². The van der Waals surface area contributed by atoms with Crippen LogP contribution >= 0.6 is 0 Å². The molecule has 1 aromatic rings. The Morgan fingerprint density at radius 3 is 2.94 bits per heavy atom. The quantitative estimate of drug-likeness (QED) is 0.510. The van der Waals surface area contributed by atoms with Gasteiger partial charge in [0.05, 0.1) is 18.2 Å². The van der Waals surface area contributed by atoms with Crippen molar-refractivity contribution >= 4 is 0 Å². The van der Waals surface area contributed by atoms with Crippen LogP contribution in [0.25, 0.3) is 0 Å². The minimum Gasteiger partial charge on any atom is -0.493 e. The summed E-state index contributed by atoms with van der Waals surface area (Å²) in [6.07, 6.45) is 3.56. The highest BCUT2D eigenvalue weighted by atomic mass is 16.5. The third kappa shape index (κ3) is 5.74. The molecular weight excluding hydrogens is 214 g/mol. The lowest BCUT2D eigenvalue weighted by molar-refractivity contribution is 0.123. The zero-order chi connectivity index (χ0) is 12.3. The van der Waals surface area contributed by atoms with Gasteiger partial charge in [-0.3, -0.25) is 0 Å². The maximum atomic E-state index is 8.72. The van der Waals surface area contributed by atoms with Crippen molar-refractivity contribution in [3.8, 4) is 11.8 Å². The van der Waals surface area contributed by atoms with Crippen LogP contribution in [0, 0.1) is 11.3 Å². The summed E-state index contributed by atoms with van der Waals surface area (Å²) in [6.45, 7) is 5.62. The Morgan fingerprint density at radius 1 is 1.29 bits per heavy atom. The zero-order valence-corrected chi connectivity index (χ0v) is 9.89. The molecule has 0 saturated carbocycles. The van der Waals surface area contributed by atoms with Crippen LogP contribution in [0.3, 0.4) is 0 Å². The minimum atomic E-state index is 0.600. The highest BCUT2D eigenvalue weighted by molar-refractivity contribution is 5.36. The van der Waals surface area contributed by atoms with Crippen LogP contribution in [0.15, 0.2) is 36.9 Å². The summed E-state index contributed by atoms with van der Waals surface area (Å²) < 4.78 is 10.9. The molecule has 1 aromatic carbocycles. The standard InChI is InChI=1S/C14H17NO2/c1-2-3-8-16-9-5-10-17-14-7-4-6-13(11-14)12-15/h2,4,6-7,11H,1,3,5,8-10H2. The lowest BCUT2D eigenvalue weighted by Crippen LogP contribution is -2.03. The topological polar surface area (TPSA) is 42.2 Å². The highest BCUT2D eigenvalue weighted by Gasteiger charge is 1.96. The van der Waals surface area contributed by atoms with Crippen molar-refractivity contribution in [1.29, 1.82) is 5.26 Å². The second-order valence-corrected chi connectivity index (χ2v) is 3.53. The van der Waals surface area contributed by atoms with E-state index in [-0.39, 0.29) is 0 Å². The average Bonchev–Trinajstić information content (AvgIpc) is 2.38. The van der Waals surface area contributed by atoms with E-state index in [1.54, 1.807) is 12.1 Å². The number of nitrogens with zero attached hydrogens (tertiary/aromatic N) is 1. The van der Waals surface area contributed by atoms with Gasteiger partial charge in [0.15, 0.2) is 0 Å². The van der Waals surface area contributed by atoms with Crippen molar-refractivity contribution in [2.75, 3.05) is 19.8 Å². The van der Waals surface area contributed by atoms with Gasteiger partial charge in [0.2, 0.25) is 0 Å². The van der Waals surface area contributed by atoms with Crippen molar-refractivity contribution in [1.82, 2.24) is 0 Å². The molecule has 0 fully saturated rings. The van der Waals surface area contributed by atoms with Crippen LogP contribution in [-0.4, -0.2) is 19.8 Å². The van der Waals surface area contributed by atoms with Crippen molar-refractivity contribution in [3.63, 3.8) is 0 Å². The van der Waals surface area contributed by atoms with E-state index in [1.165, 1.54) is 0 Å². The van der Waals surface area contributed by atoms with Gasteiger partial charge in [0.1, 0.15) is 5.75 Å². The second-order valence-electron chi connectivity index (χ2n) is 3.53. The molecule has 0 spiro atoms. The number of rotatable bonds is 8. The SMILES string of the molecule is C=CCCOCCCOc1cccc(C#N)c1. The Hall–Kier alpha value is -1.79. The first-order valence-corrected chi connectivity index (χ1v) is 5.68. The predicted octanol–water partition coefficient (Wildman–Crippen LogP) is 2.92. The van der Waals surface area contributed by atoms with Crippen molar-refractivity contribution in [2.24, 2.45) is 0 Å². The van der Waals surface area contributed by atoms with Gasteiger partial charge in [-0.2, -0.15) is 5.26 Å². The molecule has 0 unspecified atom stereocenters. The maximum Gasteiger partial charge on any atom is 0.120 e. The molecule has 0 bridgehead atoms. The van der Waals surface area contributed by atoms with Gasteiger partial charge in [0.25, 0.3) is 0 Å². The molecule has 0 heterocycles. The molecule has 3 heteroatoms. The monoisotopic (exact) mass is 231 g/mol. The van der Waals surface area contributed by atoms with Gasteiger partial charge in [-0.15, -0.1) is 6.58 Å². The second kappa shape index (κ2) is 8.37. The van der Waals surface area contributed by atoms with E-state index < -0.39 is 0 Å². The van der Waals surface area contributed by atoms with Gasteiger partial charge >= 0.3 is 0 Å². The summed E-state index contributed by atoms with van der Waals surface area (Å²) >= 11 is 0. The fourth-order valence-electron chi connectivity index (χ4n) is 1.28. The van der Waals surface area contributed by atoms with E-state index >= 15 is 0 Å². The molecule has 1 rings (SSSR count). The van der Waals surface area contributed by atoms with E-state index in [0.717, 1.165) is 18.6 Å². The lowest BCUT2D eigenvalue weighted by Gasteiger charge is -2.06. The Balaban J connectivity index is 2.13. The predicted molar refractivity (Wildman–Crippen MR) is 66.9 cm³/mol. The van der Waals surface area contributed by atoms with Crippen LogP contribution in [0.1, 0.15) is 18.4 Å². The van der Waals surface area contributed by atoms with E-state index in [2.05, 4.69) is 12.6 Å². The first-order valence-electron chi connectivity index (χ1n) is 5.68. The average molecular weight is 231 g/mol.